The van der Waals surface area contributed by atoms with E-state index in [0.29, 0.717) is 23.6 Å². The molecule has 7 heteroatoms. The number of hydrogen-bond acceptors (Lipinski definition) is 4. The summed E-state index contributed by atoms with van der Waals surface area (Å²) in [5.74, 6) is 1.74. The van der Waals surface area contributed by atoms with Crippen LogP contribution in [0.25, 0.3) is 11.4 Å². The van der Waals surface area contributed by atoms with E-state index in [9.17, 15) is 4.79 Å². The van der Waals surface area contributed by atoms with Gasteiger partial charge in [-0.1, -0.05) is 44.2 Å². The van der Waals surface area contributed by atoms with Crippen LogP contribution in [0.2, 0.25) is 0 Å². The van der Waals surface area contributed by atoms with E-state index >= 15 is 0 Å². The van der Waals surface area contributed by atoms with Gasteiger partial charge in [-0.3, -0.25) is 14.5 Å². The molecule has 1 heterocycles. The van der Waals surface area contributed by atoms with Crippen molar-refractivity contribution in [1.82, 2.24) is 20.1 Å². The van der Waals surface area contributed by atoms with Gasteiger partial charge < -0.3 is 10.1 Å². The summed E-state index contributed by atoms with van der Waals surface area (Å²) in [5.41, 5.74) is 2.01. The molecule has 6 nitrogen and oxygen atoms in total. The summed E-state index contributed by atoms with van der Waals surface area (Å²) in [7, 11) is 1.63. The average Bonchev–Trinajstić information content (AvgIpc) is 3.11. The lowest BCUT2D eigenvalue weighted by molar-refractivity contribution is -0.122. The first-order valence-electron chi connectivity index (χ1n) is 9.63. The molecule has 0 spiro atoms. The number of carbonyl (C=O) groups excluding carboxylic acids is 1. The third kappa shape index (κ3) is 5.12. The molecule has 1 amide bonds. The molecule has 0 aliphatic rings. The Morgan fingerprint density at radius 3 is 2.48 bits per heavy atom. The minimum Gasteiger partial charge on any atom is -0.497 e. The van der Waals surface area contributed by atoms with Crippen LogP contribution in [0.4, 0.5) is 0 Å². The Morgan fingerprint density at radius 2 is 1.86 bits per heavy atom. The van der Waals surface area contributed by atoms with Crippen molar-refractivity contribution in [3.63, 3.8) is 0 Å². The molecule has 29 heavy (non-hydrogen) atoms. The van der Waals surface area contributed by atoms with Gasteiger partial charge in [0.1, 0.15) is 5.75 Å². The molecule has 1 unspecified atom stereocenters. The number of amides is 1. The Labute approximate surface area is 175 Å². The topological polar surface area (TPSA) is 71.9 Å². The number of hydrogen-bond donors (Lipinski definition) is 2. The zero-order valence-electron chi connectivity index (χ0n) is 16.9. The normalized spacial score (nSPS) is 12.0. The van der Waals surface area contributed by atoms with Crippen LogP contribution in [0.1, 0.15) is 31.9 Å². The highest BCUT2D eigenvalue weighted by molar-refractivity contribution is 7.71. The van der Waals surface area contributed by atoms with Gasteiger partial charge in [-0.25, -0.2) is 0 Å². The van der Waals surface area contributed by atoms with Gasteiger partial charge in [0.25, 0.3) is 0 Å². The van der Waals surface area contributed by atoms with Crippen LogP contribution in [0.5, 0.6) is 5.75 Å². The number of nitrogens with zero attached hydrogens (tertiary/aromatic N) is 2. The summed E-state index contributed by atoms with van der Waals surface area (Å²) in [4.78, 5) is 12.7. The van der Waals surface area contributed by atoms with E-state index in [1.54, 1.807) is 7.11 Å². The van der Waals surface area contributed by atoms with Crippen molar-refractivity contribution in [2.45, 2.75) is 32.9 Å². The van der Waals surface area contributed by atoms with Crippen molar-refractivity contribution >= 4 is 18.1 Å². The highest BCUT2D eigenvalue weighted by atomic mass is 32.1. The molecule has 0 saturated carbocycles. The van der Waals surface area contributed by atoms with E-state index < -0.39 is 0 Å². The average molecular weight is 411 g/mol. The Bertz CT molecular complexity index is 994. The van der Waals surface area contributed by atoms with Crippen molar-refractivity contribution in [2.75, 3.05) is 7.11 Å². The third-order valence-electron chi connectivity index (χ3n) is 4.81. The zero-order valence-corrected chi connectivity index (χ0v) is 17.7. The lowest BCUT2D eigenvalue weighted by atomic mass is 9.96. The molecule has 152 valence electrons. The molecule has 0 saturated heterocycles. The smallest absolute Gasteiger partial charge is 0.222 e. The molecule has 0 aliphatic heterocycles. The van der Waals surface area contributed by atoms with Crippen molar-refractivity contribution in [2.24, 2.45) is 5.92 Å². The van der Waals surface area contributed by atoms with Gasteiger partial charge in [0.05, 0.1) is 13.2 Å². The third-order valence-corrected chi connectivity index (χ3v) is 5.12. The molecule has 3 aromatic rings. The standard InChI is InChI=1S/C22H26N4O2S/c1-15(2)20(16-7-5-4-6-8-16)23-19(27)13-14-26-21(24-25-22(26)29)17-9-11-18(28-3)12-10-17/h4-12,15,20H,13-14H2,1-3H3,(H,23,27)(H,25,29). The van der Waals surface area contributed by atoms with Crippen LogP contribution in [0.15, 0.2) is 54.6 Å². The Morgan fingerprint density at radius 1 is 1.17 bits per heavy atom. The molecule has 0 aliphatic carbocycles. The van der Waals surface area contributed by atoms with E-state index in [1.165, 1.54) is 0 Å². The summed E-state index contributed by atoms with van der Waals surface area (Å²) < 4.78 is 7.55. The fraction of sp³-hybridized carbons (Fsp3) is 0.318. The molecule has 3 rings (SSSR count). The molecule has 0 radical (unpaired) electrons. The van der Waals surface area contributed by atoms with Crippen LogP contribution in [0, 0.1) is 10.7 Å². The van der Waals surface area contributed by atoms with Crippen LogP contribution in [-0.4, -0.2) is 27.8 Å². The Balaban J connectivity index is 1.70. The Kier molecular flexibility index (Phi) is 6.82. The molecular weight excluding hydrogens is 384 g/mol. The maximum Gasteiger partial charge on any atom is 0.222 e. The predicted octanol–water partition coefficient (Wildman–Crippen LogP) is 4.52. The molecule has 0 bridgehead atoms. The van der Waals surface area contributed by atoms with Gasteiger partial charge >= 0.3 is 0 Å². The van der Waals surface area contributed by atoms with E-state index in [0.717, 1.165) is 16.9 Å². The summed E-state index contributed by atoms with van der Waals surface area (Å²) in [6.45, 7) is 4.65. The van der Waals surface area contributed by atoms with Crippen molar-refractivity contribution in [3.05, 3.63) is 64.9 Å². The number of H-pyrrole nitrogens is 1. The number of aromatic amines is 1. The van der Waals surface area contributed by atoms with Crippen LogP contribution in [0.3, 0.4) is 0 Å². The van der Waals surface area contributed by atoms with E-state index in [-0.39, 0.29) is 17.9 Å². The molecular formula is C22H26N4O2S. The number of carbonyl (C=O) groups is 1. The minimum absolute atomic E-state index is 0.0173. The van der Waals surface area contributed by atoms with Gasteiger partial charge in [-0.05, 0) is 48.0 Å². The first kappa shape index (κ1) is 20.8. The lowest BCUT2D eigenvalue weighted by Crippen LogP contribution is -2.32. The summed E-state index contributed by atoms with van der Waals surface area (Å²) in [5, 5.41) is 10.3. The zero-order chi connectivity index (χ0) is 20.8. The maximum absolute atomic E-state index is 12.7. The second-order valence-corrected chi connectivity index (χ2v) is 7.57. The van der Waals surface area contributed by atoms with E-state index in [1.807, 2.05) is 59.2 Å². The fourth-order valence-electron chi connectivity index (χ4n) is 3.24. The number of nitrogens with one attached hydrogen (secondary N) is 2. The SMILES string of the molecule is COc1ccc(-c2n[nH]c(=S)n2CCC(=O)NC(c2ccccc2)C(C)C)cc1. The summed E-state index contributed by atoms with van der Waals surface area (Å²) in [6.07, 6.45) is 0.313. The first-order valence-corrected chi connectivity index (χ1v) is 10.0. The van der Waals surface area contributed by atoms with Gasteiger partial charge in [-0.15, -0.1) is 0 Å². The largest absolute Gasteiger partial charge is 0.497 e. The molecule has 2 aromatic carbocycles. The minimum atomic E-state index is -0.0259. The van der Waals surface area contributed by atoms with Gasteiger partial charge in [0.15, 0.2) is 10.6 Å². The second kappa shape index (κ2) is 9.52. The van der Waals surface area contributed by atoms with Crippen LogP contribution < -0.4 is 10.1 Å². The monoisotopic (exact) mass is 410 g/mol. The number of ether oxygens (including phenoxy) is 1. The number of rotatable bonds is 8. The lowest BCUT2D eigenvalue weighted by Gasteiger charge is -2.23. The fourth-order valence-corrected chi connectivity index (χ4v) is 3.46. The van der Waals surface area contributed by atoms with Gasteiger partial charge in [-0.2, -0.15) is 5.10 Å². The van der Waals surface area contributed by atoms with Crippen molar-refractivity contribution in [1.29, 1.82) is 0 Å². The highest BCUT2D eigenvalue weighted by Crippen LogP contribution is 2.23. The quantitative estimate of drug-likeness (QED) is 0.536. The molecule has 2 N–H and O–H groups in total. The number of methoxy groups -OCH3 is 1. The van der Waals surface area contributed by atoms with Crippen LogP contribution in [-0.2, 0) is 11.3 Å². The van der Waals surface area contributed by atoms with Crippen molar-refractivity contribution in [3.8, 4) is 17.1 Å². The first-order chi connectivity index (χ1) is 14.0. The summed E-state index contributed by atoms with van der Waals surface area (Å²) in [6, 6.07) is 17.6. The van der Waals surface area contributed by atoms with Gasteiger partial charge in [0, 0.05) is 18.5 Å². The van der Waals surface area contributed by atoms with E-state index in [2.05, 4.69) is 29.4 Å². The number of aromatic nitrogens is 3. The summed E-state index contributed by atoms with van der Waals surface area (Å²) >= 11 is 5.37. The van der Waals surface area contributed by atoms with Gasteiger partial charge in [0.2, 0.25) is 5.91 Å². The maximum atomic E-state index is 12.7. The highest BCUT2D eigenvalue weighted by Gasteiger charge is 2.18. The molecule has 0 fully saturated rings. The van der Waals surface area contributed by atoms with E-state index in [4.69, 9.17) is 17.0 Å². The van der Waals surface area contributed by atoms with Crippen LogP contribution >= 0.6 is 12.2 Å². The Hall–Kier alpha value is -2.93. The van der Waals surface area contributed by atoms with Crippen molar-refractivity contribution < 1.29 is 9.53 Å². The second-order valence-electron chi connectivity index (χ2n) is 7.18. The number of benzene rings is 2. The molecule has 1 atom stereocenters. The predicted molar refractivity (Wildman–Crippen MR) is 116 cm³/mol. The molecule has 1 aromatic heterocycles.